The minimum atomic E-state index is -3.92. The zero-order valence-corrected chi connectivity index (χ0v) is 19.6. The lowest BCUT2D eigenvalue weighted by Gasteiger charge is -2.34. The number of nitrogens with one attached hydrogen (secondary N) is 1. The van der Waals surface area contributed by atoms with Gasteiger partial charge in [0.1, 0.15) is 0 Å². The van der Waals surface area contributed by atoms with Gasteiger partial charge < -0.3 is 15.1 Å². The van der Waals surface area contributed by atoms with Crippen LogP contribution in [0.2, 0.25) is 0 Å². The molecule has 8 nitrogen and oxygen atoms in total. The minimum Gasteiger partial charge on any atom is -0.369 e. The molecule has 174 valence electrons. The lowest BCUT2D eigenvalue weighted by atomic mass is 10.1. The standard InChI is InChI=1S/C25H25N5O3S/c1-28-15-17-29(18-16-28)20-13-11-19(12-14-20)25(31)26-24-22-9-5-6-10-23(22)30(27-24)34(32,33)21-7-3-2-4-8-21/h2-14H,15-18H2,1H3,(H,26,27,31). The Morgan fingerprint density at radius 2 is 1.50 bits per heavy atom. The summed E-state index contributed by atoms with van der Waals surface area (Å²) in [6.45, 7) is 3.90. The number of aromatic nitrogens is 2. The zero-order chi connectivity index (χ0) is 23.7. The molecule has 1 saturated heterocycles. The fraction of sp³-hybridized carbons (Fsp3) is 0.200. The molecule has 1 aromatic heterocycles. The van der Waals surface area contributed by atoms with Gasteiger partial charge in [0, 0.05) is 42.8 Å². The van der Waals surface area contributed by atoms with Crippen molar-refractivity contribution in [3.05, 3.63) is 84.4 Å². The van der Waals surface area contributed by atoms with Crippen molar-refractivity contribution in [2.45, 2.75) is 4.90 Å². The van der Waals surface area contributed by atoms with Crippen molar-refractivity contribution in [3.8, 4) is 0 Å². The van der Waals surface area contributed by atoms with Crippen LogP contribution in [0.4, 0.5) is 11.5 Å². The van der Waals surface area contributed by atoms with E-state index in [4.69, 9.17) is 0 Å². The number of rotatable bonds is 5. The number of hydrogen-bond acceptors (Lipinski definition) is 6. The van der Waals surface area contributed by atoms with E-state index in [1.54, 1.807) is 54.6 Å². The maximum atomic E-state index is 13.2. The maximum Gasteiger partial charge on any atom is 0.283 e. The normalized spacial score (nSPS) is 14.9. The Labute approximate surface area is 198 Å². The molecule has 9 heteroatoms. The third-order valence-corrected chi connectivity index (χ3v) is 7.66. The molecular weight excluding hydrogens is 450 g/mol. The zero-order valence-electron chi connectivity index (χ0n) is 18.8. The minimum absolute atomic E-state index is 0.126. The second-order valence-electron chi connectivity index (χ2n) is 8.32. The molecule has 1 amide bonds. The van der Waals surface area contributed by atoms with Crippen LogP contribution in [-0.2, 0) is 10.0 Å². The summed E-state index contributed by atoms with van der Waals surface area (Å²) in [5, 5.41) is 7.62. The van der Waals surface area contributed by atoms with Gasteiger partial charge in [-0.3, -0.25) is 4.79 Å². The van der Waals surface area contributed by atoms with Crippen molar-refractivity contribution in [2.24, 2.45) is 0 Å². The highest BCUT2D eigenvalue weighted by atomic mass is 32.2. The van der Waals surface area contributed by atoms with Crippen LogP contribution in [-0.4, -0.2) is 61.6 Å². The van der Waals surface area contributed by atoms with Crippen molar-refractivity contribution >= 4 is 38.3 Å². The highest BCUT2D eigenvalue weighted by Gasteiger charge is 2.23. The van der Waals surface area contributed by atoms with Gasteiger partial charge in [-0.1, -0.05) is 30.3 Å². The molecule has 1 aliphatic rings. The molecule has 2 heterocycles. The molecule has 1 N–H and O–H groups in total. The number of carbonyl (C=O) groups excluding carboxylic acids is 1. The first-order valence-corrected chi connectivity index (χ1v) is 12.5. The van der Waals surface area contributed by atoms with Gasteiger partial charge in [-0.2, -0.15) is 12.5 Å². The van der Waals surface area contributed by atoms with E-state index >= 15 is 0 Å². The van der Waals surface area contributed by atoms with Crippen LogP contribution in [0.25, 0.3) is 10.9 Å². The predicted octanol–water partition coefficient (Wildman–Crippen LogP) is 3.28. The van der Waals surface area contributed by atoms with Crippen molar-refractivity contribution in [1.29, 1.82) is 0 Å². The number of amides is 1. The van der Waals surface area contributed by atoms with Gasteiger partial charge in [0.25, 0.3) is 15.9 Å². The Kier molecular flexibility index (Phi) is 5.80. The Morgan fingerprint density at radius 3 is 2.21 bits per heavy atom. The second-order valence-corrected chi connectivity index (χ2v) is 10.1. The Bertz CT molecular complexity index is 1420. The summed E-state index contributed by atoms with van der Waals surface area (Å²) >= 11 is 0. The Morgan fingerprint density at radius 1 is 0.853 bits per heavy atom. The summed E-state index contributed by atoms with van der Waals surface area (Å²) in [5.74, 6) is -0.152. The summed E-state index contributed by atoms with van der Waals surface area (Å²) in [6, 6.07) is 22.5. The topological polar surface area (TPSA) is 87.5 Å². The Hall–Kier alpha value is -3.69. The van der Waals surface area contributed by atoms with E-state index in [-0.39, 0.29) is 16.6 Å². The molecule has 1 aliphatic heterocycles. The highest BCUT2D eigenvalue weighted by Crippen LogP contribution is 2.27. The number of fused-ring (bicyclic) bond motifs is 1. The van der Waals surface area contributed by atoms with Gasteiger partial charge in [-0.15, -0.1) is 5.10 Å². The summed E-state index contributed by atoms with van der Waals surface area (Å²) in [5.41, 5.74) is 1.95. The fourth-order valence-electron chi connectivity index (χ4n) is 4.08. The maximum absolute atomic E-state index is 13.2. The number of anilines is 2. The van der Waals surface area contributed by atoms with Gasteiger partial charge >= 0.3 is 0 Å². The van der Waals surface area contributed by atoms with Gasteiger partial charge in [-0.05, 0) is 55.6 Å². The summed E-state index contributed by atoms with van der Waals surface area (Å²) < 4.78 is 27.4. The summed E-state index contributed by atoms with van der Waals surface area (Å²) in [4.78, 5) is 17.7. The van der Waals surface area contributed by atoms with E-state index in [9.17, 15) is 13.2 Å². The van der Waals surface area contributed by atoms with Crippen LogP contribution in [0, 0.1) is 0 Å². The van der Waals surface area contributed by atoms with Gasteiger partial charge in [0.2, 0.25) is 0 Å². The van der Waals surface area contributed by atoms with E-state index < -0.39 is 10.0 Å². The van der Waals surface area contributed by atoms with Crippen molar-refractivity contribution < 1.29 is 13.2 Å². The van der Waals surface area contributed by atoms with E-state index in [0.29, 0.717) is 16.5 Å². The van der Waals surface area contributed by atoms with E-state index in [1.165, 1.54) is 12.1 Å². The lowest BCUT2D eigenvalue weighted by Crippen LogP contribution is -2.44. The number of nitrogens with zero attached hydrogens (tertiary/aromatic N) is 4. The van der Waals surface area contributed by atoms with E-state index in [1.807, 2.05) is 12.1 Å². The number of benzene rings is 3. The third kappa shape index (κ3) is 4.15. The number of likely N-dealkylation sites (N-methyl/N-ethyl adjacent to an activating group) is 1. The van der Waals surface area contributed by atoms with E-state index in [0.717, 1.165) is 36.0 Å². The predicted molar refractivity (Wildman–Crippen MR) is 133 cm³/mol. The molecule has 34 heavy (non-hydrogen) atoms. The molecule has 0 aliphatic carbocycles. The molecule has 0 radical (unpaired) electrons. The third-order valence-electron chi connectivity index (χ3n) is 6.05. The first kappa shape index (κ1) is 22.1. The van der Waals surface area contributed by atoms with Crippen LogP contribution < -0.4 is 10.2 Å². The number of carbonyl (C=O) groups is 1. The average molecular weight is 476 g/mol. The van der Waals surface area contributed by atoms with Crippen LogP contribution >= 0.6 is 0 Å². The SMILES string of the molecule is CN1CCN(c2ccc(C(=O)Nc3nn(S(=O)(=O)c4ccccc4)c4ccccc34)cc2)CC1. The number of para-hydroxylation sites is 1. The van der Waals surface area contributed by atoms with Crippen LogP contribution in [0.1, 0.15) is 10.4 Å². The molecule has 0 atom stereocenters. The first-order valence-electron chi connectivity index (χ1n) is 11.1. The summed E-state index contributed by atoms with van der Waals surface area (Å²) in [6.07, 6.45) is 0. The largest absolute Gasteiger partial charge is 0.369 e. The van der Waals surface area contributed by atoms with Gasteiger partial charge in [0.15, 0.2) is 5.82 Å². The molecule has 0 bridgehead atoms. The van der Waals surface area contributed by atoms with Crippen LogP contribution in [0.15, 0.2) is 83.8 Å². The Balaban J connectivity index is 1.42. The molecule has 0 unspecified atom stereocenters. The molecule has 4 aromatic rings. The lowest BCUT2D eigenvalue weighted by molar-refractivity contribution is 0.102. The second kappa shape index (κ2) is 8.92. The number of hydrogen-bond donors (Lipinski definition) is 1. The monoisotopic (exact) mass is 475 g/mol. The fourth-order valence-corrected chi connectivity index (χ4v) is 5.38. The molecular formula is C25H25N5O3S. The first-order chi connectivity index (χ1) is 16.4. The van der Waals surface area contributed by atoms with Crippen molar-refractivity contribution in [2.75, 3.05) is 43.4 Å². The molecule has 5 rings (SSSR count). The van der Waals surface area contributed by atoms with Crippen LogP contribution in [0.3, 0.4) is 0 Å². The number of piperazine rings is 1. The van der Waals surface area contributed by atoms with E-state index in [2.05, 4.69) is 27.3 Å². The average Bonchev–Trinajstić information content (AvgIpc) is 3.24. The van der Waals surface area contributed by atoms with Crippen molar-refractivity contribution in [1.82, 2.24) is 14.1 Å². The molecule has 1 fully saturated rings. The molecule has 3 aromatic carbocycles. The van der Waals surface area contributed by atoms with Crippen LogP contribution in [0.5, 0.6) is 0 Å². The van der Waals surface area contributed by atoms with Gasteiger partial charge in [0.05, 0.1) is 10.4 Å². The molecule has 0 saturated carbocycles. The molecule has 0 spiro atoms. The summed E-state index contributed by atoms with van der Waals surface area (Å²) in [7, 11) is -1.81. The van der Waals surface area contributed by atoms with Crippen molar-refractivity contribution in [3.63, 3.8) is 0 Å². The smallest absolute Gasteiger partial charge is 0.283 e. The highest BCUT2D eigenvalue weighted by molar-refractivity contribution is 7.90. The van der Waals surface area contributed by atoms with Gasteiger partial charge in [-0.25, -0.2) is 0 Å². The quantitative estimate of drug-likeness (QED) is 0.477.